The van der Waals surface area contributed by atoms with Crippen molar-refractivity contribution in [2.75, 3.05) is 11.4 Å². The highest BCUT2D eigenvalue weighted by molar-refractivity contribution is 5.97. The Hall–Kier alpha value is -3.15. The molecule has 0 spiro atoms. The predicted molar refractivity (Wildman–Crippen MR) is 106 cm³/mol. The first kappa shape index (κ1) is 18.2. The molecule has 1 atom stereocenters. The van der Waals surface area contributed by atoms with E-state index in [1.165, 1.54) is 5.56 Å². The van der Waals surface area contributed by atoms with Crippen LogP contribution in [0.1, 0.15) is 40.5 Å². The summed E-state index contributed by atoms with van der Waals surface area (Å²) >= 11 is 0. The SMILES string of the molecule is Cc1cc(C)c(N2CC(c3nc(-c4ccc(O)c(C)c4)no3)CC2=O)c(C)c1. The normalized spacial score (nSPS) is 16.8. The van der Waals surface area contributed by atoms with Crippen molar-refractivity contribution in [2.24, 2.45) is 0 Å². The van der Waals surface area contributed by atoms with E-state index in [1.807, 2.05) is 31.7 Å². The van der Waals surface area contributed by atoms with Crippen LogP contribution in [0.4, 0.5) is 5.69 Å². The van der Waals surface area contributed by atoms with Crippen molar-refractivity contribution < 1.29 is 14.4 Å². The molecule has 1 saturated heterocycles. The van der Waals surface area contributed by atoms with Gasteiger partial charge in [0.25, 0.3) is 0 Å². The van der Waals surface area contributed by atoms with Gasteiger partial charge < -0.3 is 14.5 Å². The molecule has 0 bridgehead atoms. The molecule has 1 aliphatic heterocycles. The number of carbonyl (C=O) groups excluding carboxylic acids is 1. The van der Waals surface area contributed by atoms with Gasteiger partial charge in [0.2, 0.25) is 17.6 Å². The topological polar surface area (TPSA) is 79.5 Å². The lowest BCUT2D eigenvalue weighted by molar-refractivity contribution is -0.117. The largest absolute Gasteiger partial charge is 0.508 e. The summed E-state index contributed by atoms with van der Waals surface area (Å²) in [6.07, 6.45) is 0.350. The van der Waals surface area contributed by atoms with E-state index in [-0.39, 0.29) is 17.6 Å². The first-order chi connectivity index (χ1) is 13.3. The van der Waals surface area contributed by atoms with E-state index in [1.54, 1.807) is 12.1 Å². The molecular formula is C22H23N3O3. The molecule has 3 aromatic rings. The molecule has 2 aromatic carbocycles. The second kappa shape index (κ2) is 6.78. The molecule has 0 radical (unpaired) electrons. The van der Waals surface area contributed by atoms with Crippen molar-refractivity contribution in [2.45, 2.75) is 40.0 Å². The van der Waals surface area contributed by atoms with E-state index in [4.69, 9.17) is 4.52 Å². The number of nitrogens with zero attached hydrogens (tertiary/aromatic N) is 3. The van der Waals surface area contributed by atoms with Gasteiger partial charge in [-0.1, -0.05) is 22.9 Å². The third-order valence-corrected chi connectivity index (χ3v) is 5.28. The van der Waals surface area contributed by atoms with Crippen LogP contribution in [-0.4, -0.2) is 27.7 Å². The van der Waals surface area contributed by atoms with Gasteiger partial charge in [-0.2, -0.15) is 4.98 Å². The maximum absolute atomic E-state index is 12.7. The summed E-state index contributed by atoms with van der Waals surface area (Å²) in [4.78, 5) is 19.1. The maximum atomic E-state index is 12.7. The fourth-order valence-corrected chi connectivity index (χ4v) is 4.00. The summed E-state index contributed by atoms with van der Waals surface area (Å²) in [5.41, 5.74) is 5.88. The quantitative estimate of drug-likeness (QED) is 0.740. The number of rotatable bonds is 3. The van der Waals surface area contributed by atoms with Crippen LogP contribution >= 0.6 is 0 Å². The Kier molecular flexibility index (Phi) is 4.41. The second-order valence-electron chi connectivity index (χ2n) is 7.61. The van der Waals surface area contributed by atoms with Crippen molar-refractivity contribution >= 4 is 11.6 Å². The molecule has 2 heterocycles. The smallest absolute Gasteiger partial charge is 0.232 e. The summed E-state index contributed by atoms with van der Waals surface area (Å²) in [5, 5.41) is 13.8. The number of anilines is 1. The van der Waals surface area contributed by atoms with E-state index in [0.29, 0.717) is 24.7 Å². The van der Waals surface area contributed by atoms with E-state index in [2.05, 4.69) is 29.2 Å². The van der Waals surface area contributed by atoms with Crippen LogP contribution < -0.4 is 4.90 Å². The van der Waals surface area contributed by atoms with Gasteiger partial charge in [0.05, 0.1) is 5.92 Å². The number of hydrogen-bond donors (Lipinski definition) is 1. The molecule has 28 heavy (non-hydrogen) atoms. The molecule has 6 nitrogen and oxygen atoms in total. The van der Waals surface area contributed by atoms with Crippen LogP contribution in [-0.2, 0) is 4.79 Å². The molecule has 6 heteroatoms. The number of aromatic nitrogens is 2. The molecule has 0 aliphatic carbocycles. The van der Waals surface area contributed by atoms with Gasteiger partial charge in [-0.3, -0.25) is 4.79 Å². The Balaban J connectivity index is 1.60. The van der Waals surface area contributed by atoms with Crippen LogP contribution in [0.3, 0.4) is 0 Å². The maximum Gasteiger partial charge on any atom is 0.232 e. The van der Waals surface area contributed by atoms with E-state index >= 15 is 0 Å². The third-order valence-electron chi connectivity index (χ3n) is 5.28. The number of hydrogen-bond acceptors (Lipinski definition) is 5. The van der Waals surface area contributed by atoms with Gasteiger partial charge in [-0.25, -0.2) is 0 Å². The minimum atomic E-state index is -0.132. The van der Waals surface area contributed by atoms with Gasteiger partial charge in [0, 0.05) is 24.2 Å². The van der Waals surface area contributed by atoms with Gasteiger partial charge in [-0.05, 0) is 62.6 Å². The Labute approximate surface area is 163 Å². The zero-order valence-electron chi connectivity index (χ0n) is 16.5. The van der Waals surface area contributed by atoms with Crippen molar-refractivity contribution in [1.82, 2.24) is 10.1 Å². The highest BCUT2D eigenvalue weighted by atomic mass is 16.5. The molecule has 4 rings (SSSR count). The summed E-state index contributed by atoms with van der Waals surface area (Å²) < 4.78 is 5.48. The Bertz CT molecular complexity index is 1050. The number of aryl methyl sites for hydroxylation is 4. The van der Waals surface area contributed by atoms with E-state index < -0.39 is 0 Å². The lowest BCUT2D eigenvalue weighted by Crippen LogP contribution is -2.26. The minimum absolute atomic E-state index is 0.0697. The highest BCUT2D eigenvalue weighted by Gasteiger charge is 2.36. The number of benzene rings is 2. The Morgan fingerprint density at radius 3 is 2.46 bits per heavy atom. The Morgan fingerprint density at radius 2 is 1.79 bits per heavy atom. The second-order valence-corrected chi connectivity index (χ2v) is 7.61. The molecule has 144 valence electrons. The molecular weight excluding hydrogens is 354 g/mol. The third kappa shape index (κ3) is 3.15. The molecule has 1 aliphatic rings. The number of phenolic OH excluding ortho intramolecular Hbond substituents is 1. The van der Waals surface area contributed by atoms with Gasteiger partial charge >= 0.3 is 0 Å². The molecule has 0 saturated carbocycles. The number of phenols is 1. The highest BCUT2D eigenvalue weighted by Crippen LogP contribution is 2.35. The van der Waals surface area contributed by atoms with Crippen LogP contribution in [0.15, 0.2) is 34.9 Å². The predicted octanol–water partition coefficient (Wildman–Crippen LogP) is 4.20. The zero-order chi connectivity index (χ0) is 20.0. The number of amides is 1. The summed E-state index contributed by atoms with van der Waals surface area (Å²) in [5.74, 6) is 1.10. The fourth-order valence-electron chi connectivity index (χ4n) is 4.00. The van der Waals surface area contributed by atoms with Gasteiger partial charge in [-0.15, -0.1) is 0 Å². The standard InChI is InChI=1S/C22H23N3O3/c1-12-7-14(3)20(15(4)8-12)25-11-17(10-19(25)27)22-23-21(24-28-22)16-5-6-18(26)13(2)9-16/h5-9,17,26H,10-11H2,1-4H3. The van der Waals surface area contributed by atoms with Crippen LogP contribution in [0.25, 0.3) is 11.4 Å². The molecule has 1 amide bonds. The van der Waals surface area contributed by atoms with Gasteiger partial charge in [0.15, 0.2) is 0 Å². The average molecular weight is 377 g/mol. The van der Waals surface area contributed by atoms with Crippen LogP contribution in [0.5, 0.6) is 5.75 Å². The number of aromatic hydroxyl groups is 1. The lowest BCUT2D eigenvalue weighted by Gasteiger charge is -2.21. The molecule has 1 fully saturated rings. The fraction of sp³-hybridized carbons (Fsp3) is 0.318. The van der Waals surface area contributed by atoms with Crippen LogP contribution in [0, 0.1) is 27.7 Å². The summed E-state index contributed by atoms with van der Waals surface area (Å²) in [7, 11) is 0. The minimum Gasteiger partial charge on any atom is -0.508 e. The van der Waals surface area contributed by atoms with Crippen LogP contribution in [0.2, 0.25) is 0 Å². The first-order valence-corrected chi connectivity index (χ1v) is 9.35. The summed E-state index contributed by atoms with van der Waals surface area (Å²) in [6.45, 7) is 8.48. The van der Waals surface area contributed by atoms with Crippen molar-refractivity contribution in [3.05, 3.63) is 58.5 Å². The average Bonchev–Trinajstić information content (AvgIpc) is 3.24. The molecule has 1 unspecified atom stereocenters. The molecule has 1 aromatic heterocycles. The summed E-state index contributed by atoms with van der Waals surface area (Å²) in [6, 6.07) is 9.38. The van der Waals surface area contributed by atoms with Crippen molar-refractivity contribution in [1.29, 1.82) is 0 Å². The number of carbonyl (C=O) groups is 1. The monoisotopic (exact) mass is 377 g/mol. The van der Waals surface area contributed by atoms with E-state index in [0.717, 1.165) is 27.9 Å². The zero-order valence-corrected chi connectivity index (χ0v) is 16.5. The van der Waals surface area contributed by atoms with Crippen molar-refractivity contribution in [3.63, 3.8) is 0 Å². The lowest BCUT2D eigenvalue weighted by atomic mass is 10.0. The van der Waals surface area contributed by atoms with Gasteiger partial charge in [0.1, 0.15) is 5.75 Å². The first-order valence-electron chi connectivity index (χ1n) is 9.35. The molecule has 1 N–H and O–H groups in total. The Morgan fingerprint density at radius 1 is 1.07 bits per heavy atom. The van der Waals surface area contributed by atoms with E-state index in [9.17, 15) is 9.90 Å². The van der Waals surface area contributed by atoms with Crippen molar-refractivity contribution in [3.8, 4) is 17.1 Å².